The van der Waals surface area contributed by atoms with Gasteiger partial charge in [-0.05, 0) is 73.6 Å². The summed E-state index contributed by atoms with van der Waals surface area (Å²) in [5.74, 6) is 1.16. The highest BCUT2D eigenvalue weighted by atomic mass is 35.5. The van der Waals surface area contributed by atoms with E-state index in [0.717, 1.165) is 37.2 Å². The van der Waals surface area contributed by atoms with Crippen LogP contribution < -0.4 is 20.5 Å². The van der Waals surface area contributed by atoms with Gasteiger partial charge in [0.1, 0.15) is 24.4 Å². The molecule has 2 aromatic carbocycles. The largest absolute Gasteiger partial charge is 0.508 e. The molecule has 0 bridgehead atoms. The van der Waals surface area contributed by atoms with Crippen LogP contribution in [0.25, 0.3) is 0 Å². The van der Waals surface area contributed by atoms with Gasteiger partial charge >= 0.3 is 6.09 Å². The van der Waals surface area contributed by atoms with Crippen molar-refractivity contribution < 1.29 is 19.6 Å². The van der Waals surface area contributed by atoms with Crippen LogP contribution in [0.2, 0.25) is 5.02 Å². The van der Waals surface area contributed by atoms with E-state index in [1.54, 1.807) is 36.4 Å². The van der Waals surface area contributed by atoms with Gasteiger partial charge in [-0.15, -0.1) is 0 Å². The quantitative estimate of drug-likeness (QED) is 0.394. The molecule has 2 fully saturated rings. The highest BCUT2D eigenvalue weighted by Gasteiger charge is 2.55. The summed E-state index contributed by atoms with van der Waals surface area (Å²) < 4.78 is 5.30. The average molecular weight is 474 g/mol. The van der Waals surface area contributed by atoms with Crippen LogP contribution in [0.4, 0.5) is 16.2 Å². The van der Waals surface area contributed by atoms with Crippen molar-refractivity contribution in [2.75, 3.05) is 23.4 Å². The smallest absolute Gasteiger partial charge is 0.411 e. The number of amides is 1. The lowest BCUT2D eigenvalue weighted by Crippen LogP contribution is -2.81. The normalized spacial score (nSPS) is 18.6. The van der Waals surface area contributed by atoms with Crippen LogP contribution in [0.5, 0.6) is 5.75 Å². The van der Waals surface area contributed by atoms with E-state index in [9.17, 15) is 9.90 Å². The standard InChI is InChI=1S/C23H25ClN4O3S/c24-16-4-6-17(7-5-16)26-22(30)31-15-14-25-20-23(12-2-1-3-13-23)28(21(32)27-20)18-8-10-19(29)11-9-18/h4-11,29H,1-3,12-15H2,(H,26,30)(H,25,27,32)/p+1. The third-order valence-electron chi connectivity index (χ3n) is 5.84. The lowest BCUT2D eigenvalue weighted by atomic mass is 9.80. The molecule has 7 nitrogen and oxygen atoms in total. The molecule has 2 aliphatic rings. The number of rotatable bonds is 5. The molecule has 1 saturated heterocycles. The van der Waals surface area contributed by atoms with Crippen LogP contribution >= 0.6 is 23.8 Å². The Morgan fingerprint density at radius 2 is 1.84 bits per heavy atom. The zero-order valence-corrected chi connectivity index (χ0v) is 19.1. The molecule has 1 spiro atoms. The molecular formula is C23H26ClN4O3S+. The number of benzene rings is 2. The maximum absolute atomic E-state index is 12.0. The van der Waals surface area contributed by atoms with Gasteiger partial charge in [0.15, 0.2) is 0 Å². The van der Waals surface area contributed by atoms with E-state index in [4.69, 9.17) is 28.6 Å². The van der Waals surface area contributed by atoms with Gasteiger partial charge in [-0.3, -0.25) is 15.2 Å². The lowest BCUT2D eigenvalue weighted by Gasteiger charge is -2.38. The van der Waals surface area contributed by atoms with Crippen LogP contribution in [0.1, 0.15) is 32.1 Å². The van der Waals surface area contributed by atoms with Crippen molar-refractivity contribution in [1.29, 1.82) is 0 Å². The minimum atomic E-state index is -0.521. The summed E-state index contributed by atoms with van der Waals surface area (Å²) in [5, 5.41) is 16.9. The van der Waals surface area contributed by atoms with Crippen molar-refractivity contribution in [1.82, 2.24) is 5.32 Å². The second-order valence-corrected chi connectivity index (χ2v) is 8.77. The number of anilines is 2. The molecule has 1 saturated carbocycles. The first-order chi connectivity index (χ1) is 15.5. The maximum atomic E-state index is 12.0. The van der Waals surface area contributed by atoms with Crippen molar-refractivity contribution in [3.63, 3.8) is 0 Å². The van der Waals surface area contributed by atoms with Crippen LogP contribution in [0.15, 0.2) is 48.5 Å². The third kappa shape index (κ3) is 4.81. The fraction of sp³-hybridized carbons (Fsp3) is 0.348. The number of aromatic hydroxyl groups is 1. The summed E-state index contributed by atoms with van der Waals surface area (Å²) in [6.07, 6.45) is 4.79. The summed E-state index contributed by atoms with van der Waals surface area (Å²) in [5.41, 5.74) is 1.28. The van der Waals surface area contributed by atoms with Gasteiger partial charge in [0.2, 0.25) is 0 Å². The first-order valence-corrected chi connectivity index (χ1v) is 11.5. The van der Waals surface area contributed by atoms with E-state index in [-0.39, 0.29) is 17.9 Å². The second kappa shape index (κ2) is 9.75. The van der Waals surface area contributed by atoms with Gasteiger partial charge < -0.3 is 9.84 Å². The Hall–Kier alpha value is -2.84. The zero-order valence-electron chi connectivity index (χ0n) is 17.6. The highest BCUT2D eigenvalue weighted by Crippen LogP contribution is 2.40. The van der Waals surface area contributed by atoms with E-state index in [1.165, 1.54) is 6.42 Å². The summed E-state index contributed by atoms with van der Waals surface area (Å²) in [7, 11) is 0. The summed E-state index contributed by atoms with van der Waals surface area (Å²) in [6.45, 7) is 0.650. The monoisotopic (exact) mass is 473 g/mol. The molecule has 1 aliphatic carbocycles. The van der Waals surface area contributed by atoms with Crippen molar-refractivity contribution in [2.45, 2.75) is 37.6 Å². The van der Waals surface area contributed by atoms with Crippen molar-refractivity contribution in [3.05, 3.63) is 53.6 Å². The highest BCUT2D eigenvalue weighted by molar-refractivity contribution is 7.80. The van der Waals surface area contributed by atoms with Gasteiger partial charge in [0.05, 0.1) is 0 Å². The van der Waals surface area contributed by atoms with E-state index in [0.29, 0.717) is 22.4 Å². The van der Waals surface area contributed by atoms with Crippen LogP contribution in [-0.4, -0.2) is 40.8 Å². The topological polar surface area (TPSA) is 87.8 Å². The number of carbonyl (C=O) groups excluding carboxylic acids is 1. The van der Waals surface area contributed by atoms with Crippen LogP contribution in [0.3, 0.4) is 0 Å². The SMILES string of the molecule is O=C(Nc1ccc(Cl)cc1)OCC[NH+]=C1NC(=S)N(c2ccc(O)cc2)C12CCCCC2. The molecule has 4 rings (SSSR count). The summed E-state index contributed by atoms with van der Waals surface area (Å²) in [4.78, 5) is 17.6. The fourth-order valence-electron chi connectivity index (χ4n) is 4.38. The van der Waals surface area contributed by atoms with Gasteiger partial charge in [-0.25, -0.2) is 10.1 Å². The average Bonchev–Trinajstić information content (AvgIpc) is 3.04. The molecule has 9 heteroatoms. The molecule has 1 aliphatic heterocycles. The van der Waals surface area contributed by atoms with E-state index in [2.05, 4.69) is 20.5 Å². The first kappa shape index (κ1) is 22.4. The molecule has 1 amide bonds. The number of nitrogens with one attached hydrogen (secondary N) is 3. The van der Waals surface area contributed by atoms with Gasteiger partial charge in [-0.1, -0.05) is 30.9 Å². The third-order valence-corrected chi connectivity index (χ3v) is 6.38. The lowest BCUT2D eigenvalue weighted by molar-refractivity contribution is -0.464. The first-order valence-electron chi connectivity index (χ1n) is 10.7. The Bertz CT molecular complexity index is 1000. The number of phenolic OH excluding ortho intramolecular Hbond substituents is 1. The van der Waals surface area contributed by atoms with E-state index >= 15 is 0 Å². The predicted octanol–water partition coefficient (Wildman–Crippen LogP) is 3.17. The van der Waals surface area contributed by atoms with E-state index < -0.39 is 6.09 Å². The second-order valence-electron chi connectivity index (χ2n) is 7.94. The summed E-state index contributed by atoms with van der Waals surface area (Å²) >= 11 is 11.5. The number of phenols is 1. The number of halogens is 1. The number of ether oxygens (including phenoxy) is 1. The van der Waals surface area contributed by atoms with Gasteiger partial charge in [-0.2, -0.15) is 0 Å². The van der Waals surface area contributed by atoms with Gasteiger partial charge in [0, 0.05) is 16.4 Å². The Morgan fingerprint density at radius 3 is 2.53 bits per heavy atom. The molecule has 4 N–H and O–H groups in total. The molecule has 1 heterocycles. The molecule has 0 unspecified atom stereocenters. The minimum absolute atomic E-state index is 0.201. The van der Waals surface area contributed by atoms with Crippen molar-refractivity contribution in [2.24, 2.45) is 0 Å². The van der Waals surface area contributed by atoms with Crippen LogP contribution in [-0.2, 0) is 4.74 Å². The number of thiocarbonyl (C=S) groups is 1. The van der Waals surface area contributed by atoms with Crippen LogP contribution in [0, 0.1) is 0 Å². The molecular weight excluding hydrogens is 448 g/mol. The number of amidine groups is 1. The molecule has 0 aromatic heterocycles. The van der Waals surface area contributed by atoms with Crippen molar-refractivity contribution >= 4 is 52.2 Å². The molecule has 32 heavy (non-hydrogen) atoms. The number of nitrogens with zero attached hydrogens (tertiary/aromatic N) is 1. The van der Waals surface area contributed by atoms with Crippen molar-refractivity contribution in [3.8, 4) is 5.75 Å². The number of hydrogen-bond donors (Lipinski definition) is 4. The fourth-order valence-corrected chi connectivity index (χ4v) is 4.89. The number of carbonyl (C=O) groups is 1. The Morgan fingerprint density at radius 1 is 1.16 bits per heavy atom. The van der Waals surface area contributed by atoms with Gasteiger partial charge in [0.25, 0.3) is 10.9 Å². The Balaban J connectivity index is 1.42. The summed E-state index contributed by atoms with van der Waals surface area (Å²) in [6, 6.07) is 13.9. The Kier molecular flexibility index (Phi) is 6.81. The number of hydrogen-bond acceptors (Lipinski definition) is 4. The zero-order chi connectivity index (χ0) is 22.6. The maximum Gasteiger partial charge on any atom is 0.411 e. The molecule has 0 radical (unpaired) electrons. The predicted molar refractivity (Wildman–Crippen MR) is 129 cm³/mol. The Labute approximate surface area is 197 Å². The molecule has 168 valence electrons. The van der Waals surface area contributed by atoms with E-state index in [1.807, 2.05) is 12.1 Å². The molecule has 2 aromatic rings. The minimum Gasteiger partial charge on any atom is -0.508 e. The molecule has 0 atom stereocenters.